The van der Waals surface area contributed by atoms with Crippen LogP contribution in [0.25, 0.3) is 11.1 Å². The number of aromatic nitrogens is 2. The van der Waals surface area contributed by atoms with Crippen LogP contribution >= 0.6 is 0 Å². The summed E-state index contributed by atoms with van der Waals surface area (Å²) in [6.45, 7) is 0. The Balaban J connectivity index is 1.64. The molecule has 0 radical (unpaired) electrons. The van der Waals surface area contributed by atoms with Gasteiger partial charge in [-0.05, 0) is 29.5 Å². The summed E-state index contributed by atoms with van der Waals surface area (Å²) >= 11 is 0. The largest absolute Gasteiger partial charge is 0.494 e. The second-order valence-electron chi connectivity index (χ2n) is 6.83. The van der Waals surface area contributed by atoms with Gasteiger partial charge in [-0.1, -0.05) is 36.4 Å². The number of nitrogen functional groups attached to an aromatic ring is 1. The zero-order chi connectivity index (χ0) is 19.1. The van der Waals surface area contributed by atoms with E-state index in [9.17, 15) is 9.18 Å². The second-order valence-corrected chi connectivity index (χ2v) is 6.83. The highest BCUT2D eigenvalue weighted by Crippen LogP contribution is 2.54. The van der Waals surface area contributed by atoms with E-state index in [4.69, 9.17) is 10.5 Å². The van der Waals surface area contributed by atoms with E-state index < -0.39 is 0 Å². The third-order valence-electron chi connectivity index (χ3n) is 5.17. The fraction of sp³-hybridized carbons (Fsp3) is 0.238. The van der Waals surface area contributed by atoms with Gasteiger partial charge in [0.05, 0.1) is 12.8 Å². The van der Waals surface area contributed by atoms with Crippen molar-refractivity contribution in [2.24, 2.45) is 7.05 Å². The molecule has 0 unspecified atom stereocenters. The van der Waals surface area contributed by atoms with Crippen molar-refractivity contribution in [3.63, 3.8) is 0 Å². The lowest BCUT2D eigenvalue weighted by Crippen LogP contribution is -2.21. The minimum absolute atomic E-state index is 0.157. The van der Waals surface area contributed by atoms with Crippen molar-refractivity contribution in [1.29, 1.82) is 0 Å². The number of hydrogen-bond acceptors (Lipinski definition) is 4. The van der Waals surface area contributed by atoms with Gasteiger partial charge in [0.25, 0.3) is 5.56 Å². The number of anilines is 1. The van der Waals surface area contributed by atoms with Crippen LogP contribution in [0.1, 0.15) is 29.5 Å². The zero-order valence-electron chi connectivity index (χ0n) is 15.1. The topological polar surface area (TPSA) is 70.1 Å². The molecular weight excluding hydrogens is 345 g/mol. The summed E-state index contributed by atoms with van der Waals surface area (Å²) in [5.74, 6) is 0.479. The third kappa shape index (κ3) is 3.07. The van der Waals surface area contributed by atoms with Crippen LogP contribution < -0.4 is 16.0 Å². The quantitative estimate of drug-likeness (QED) is 0.769. The second kappa shape index (κ2) is 6.54. The SMILES string of the molecule is COc1cccc(-c2cccc([C@@H]3C[C@@H]3c3cc(=O)n(C)c(N)n3)c2)c1F. The number of nitrogens with two attached hydrogens (primary N) is 1. The first-order chi connectivity index (χ1) is 13.0. The first kappa shape index (κ1) is 17.3. The van der Waals surface area contributed by atoms with Gasteiger partial charge in [-0.2, -0.15) is 0 Å². The Morgan fingerprint density at radius 1 is 1.19 bits per heavy atom. The lowest BCUT2D eigenvalue weighted by Gasteiger charge is -2.09. The lowest BCUT2D eigenvalue weighted by atomic mass is 9.99. The fourth-order valence-electron chi connectivity index (χ4n) is 3.48. The van der Waals surface area contributed by atoms with E-state index in [1.807, 2.05) is 24.3 Å². The molecule has 2 aromatic carbocycles. The molecule has 1 aliphatic carbocycles. The molecule has 0 aliphatic heterocycles. The van der Waals surface area contributed by atoms with E-state index in [0.717, 1.165) is 23.2 Å². The predicted octanol–water partition coefficient (Wildman–Crippen LogP) is 3.45. The molecule has 4 rings (SSSR count). The maximum atomic E-state index is 14.6. The van der Waals surface area contributed by atoms with Crippen LogP contribution in [-0.2, 0) is 7.05 Å². The summed E-state index contributed by atoms with van der Waals surface area (Å²) in [5.41, 5.74) is 8.78. The number of nitrogens with zero attached hydrogens (tertiary/aromatic N) is 2. The number of methoxy groups -OCH3 is 1. The molecule has 0 spiro atoms. The maximum absolute atomic E-state index is 14.6. The first-order valence-electron chi connectivity index (χ1n) is 8.76. The Labute approximate surface area is 156 Å². The molecule has 0 saturated heterocycles. The average molecular weight is 365 g/mol. The predicted molar refractivity (Wildman–Crippen MR) is 102 cm³/mol. The van der Waals surface area contributed by atoms with Crippen molar-refractivity contribution in [2.75, 3.05) is 12.8 Å². The molecule has 3 aromatic rings. The average Bonchev–Trinajstić information content (AvgIpc) is 3.47. The fourth-order valence-corrected chi connectivity index (χ4v) is 3.48. The van der Waals surface area contributed by atoms with Crippen molar-refractivity contribution in [1.82, 2.24) is 9.55 Å². The molecule has 1 aliphatic rings. The summed E-state index contributed by atoms with van der Waals surface area (Å²) in [4.78, 5) is 16.3. The van der Waals surface area contributed by atoms with Gasteiger partial charge in [0.2, 0.25) is 5.95 Å². The van der Waals surface area contributed by atoms with Crippen LogP contribution in [0.3, 0.4) is 0 Å². The molecule has 1 heterocycles. The third-order valence-corrected chi connectivity index (χ3v) is 5.17. The number of ether oxygens (including phenoxy) is 1. The molecule has 0 amide bonds. The molecule has 2 atom stereocenters. The monoisotopic (exact) mass is 365 g/mol. The van der Waals surface area contributed by atoms with Crippen LogP contribution in [0.15, 0.2) is 53.3 Å². The van der Waals surface area contributed by atoms with E-state index in [2.05, 4.69) is 4.98 Å². The molecule has 0 bridgehead atoms. The van der Waals surface area contributed by atoms with Crippen LogP contribution in [-0.4, -0.2) is 16.7 Å². The Hall–Kier alpha value is -3.15. The molecule has 1 fully saturated rings. The van der Waals surface area contributed by atoms with Crippen molar-refractivity contribution in [3.8, 4) is 16.9 Å². The molecule has 5 nitrogen and oxygen atoms in total. The number of rotatable bonds is 4. The molecule has 2 N–H and O–H groups in total. The van der Waals surface area contributed by atoms with E-state index in [1.165, 1.54) is 11.7 Å². The minimum atomic E-state index is -0.370. The number of halogens is 1. The molecule has 1 saturated carbocycles. The van der Waals surface area contributed by atoms with Gasteiger partial charge < -0.3 is 10.5 Å². The van der Waals surface area contributed by atoms with Crippen LogP contribution in [0.4, 0.5) is 10.3 Å². The van der Waals surface area contributed by atoms with Gasteiger partial charge in [-0.15, -0.1) is 0 Å². The Kier molecular flexibility index (Phi) is 4.18. The van der Waals surface area contributed by atoms with Gasteiger partial charge in [-0.3, -0.25) is 9.36 Å². The maximum Gasteiger partial charge on any atom is 0.254 e. The molecule has 1 aromatic heterocycles. The summed E-state index contributed by atoms with van der Waals surface area (Å²) in [5, 5.41) is 0. The van der Waals surface area contributed by atoms with Gasteiger partial charge >= 0.3 is 0 Å². The normalized spacial score (nSPS) is 18.3. The first-order valence-corrected chi connectivity index (χ1v) is 8.76. The smallest absolute Gasteiger partial charge is 0.254 e. The van der Waals surface area contributed by atoms with Gasteiger partial charge in [0.1, 0.15) is 0 Å². The standard InChI is InChI=1S/C21H20FN3O2/c1-25-19(26)11-17(24-21(25)23)16-10-15(16)13-6-3-5-12(9-13)14-7-4-8-18(27-2)20(14)22/h3-9,11,15-16H,10H2,1-2H3,(H2,23,24)/t15-,16-/m0/s1. The van der Waals surface area contributed by atoms with Gasteiger partial charge in [0.15, 0.2) is 11.6 Å². The molecule has 27 heavy (non-hydrogen) atoms. The molecule has 6 heteroatoms. The van der Waals surface area contributed by atoms with E-state index in [-0.39, 0.29) is 34.9 Å². The highest BCUT2D eigenvalue weighted by Gasteiger charge is 2.41. The highest BCUT2D eigenvalue weighted by atomic mass is 19.1. The van der Waals surface area contributed by atoms with Crippen molar-refractivity contribution < 1.29 is 9.13 Å². The minimum Gasteiger partial charge on any atom is -0.494 e. The highest BCUT2D eigenvalue weighted by molar-refractivity contribution is 5.67. The summed E-state index contributed by atoms with van der Waals surface area (Å²) in [6.07, 6.45) is 0.893. The van der Waals surface area contributed by atoms with Gasteiger partial charge in [0, 0.05) is 24.6 Å². The van der Waals surface area contributed by atoms with Crippen molar-refractivity contribution in [2.45, 2.75) is 18.3 Å². The van der Waals surface area contributed by atoms with Crippen molar-refractivity contribution >= 4 is 5.95 Å². The van der Waals surface area contributed by atoms with Crippen LogP contribution in [0, 0.1) is 5.82 Å². The van der Waals surface area contributed by atoms with Crippen molar-refractivity contribution in [3.05, 3.63) is 76.0 Å². The Morgan fingerprint density at radius 3 is 2.70 bits per heavy atom. The molecule has 138 valence electrons. The van der Waals surface area contributed by atoms with Gasteiger partial charge in [-0.25, -0.2) is 9.37 Å². The van der Waals surface area contributed by atoms with Crippen LogP contribution in [0.5, 0.6) is 5.75 Å². The zero-order valence-corrected chi connectivity index (χ0v) is 15.1. The summed E-state index contributed by atoms with van der Waals surface area (Å²) in [6, 6.07) is 14.5. The summed E-state index contributed by atoms with van der Waals surface area (Å²) < 4.78 is 21.0. The van der Waals surface area contributed by atoms with E-state index in [1.54, 1.807) is 31.3 Å². The Bertz CT molecular complexity index is 1080. The molecular formula is C21H20FN3O2. The number of hydrogen-bond donors (Lipinski definition) is 1. The van der Waals surface area contributed by atoms with Crippen LogP contribution in [0.2, 0.25) is 0 Å². The Morgan fingerprint density at radius 2 is 1.96 bits per heavy atom. The van der Waals surface area contributed by atoms with E-state index in [0.29, 0.717) is 5.56 Å². The number of benzene rings is 2. The lowest BCUT2D eigenvalue weighted by molar-refractivity contribution is 0.387. The summed E-state index contributed by atoms with van der Waals surface area (Å²) in [7, 11) is 3.06. The van der Waals surface area contributed by atoms with E-state index >= 15 is 0 Å².